The molecule has 0 unspecified atom stereocenters. The van der Waals surface area contributed by atoms with Gasteiger partial charge in [0.15, 0.2) is 0 Å². The van der Waals surface area contributed by atoms with Crippen LogP contribution in [0, 0.1) is 0 Å². The summed E-state index contributed by atoms with van der Waals surface area (Å²) < 4.78 is 9.19. The first-order valence-corrected chi connectivity index (χ1v) is 7.84. The Morgan fingerprint density at radius 2 is 0.800 bits per heavy atom. The second-order valence-corrected chi connectivity index (χ2v) is 5.19. The van der Waals surface area contributed by atoms with Crippen LogP contribution in [-0.4, -0.2) is 26.2 Å². The Labute approximate surface area is 123 Å². The number of esters is 2. The molecule has 0 aliphatic heterocycles. The van der Waals surface area contributed by atoms with E-state index in [0.717, 1.165) is 25.7 Å². The van der Waals surface area contributed by atoms with Crippen molar-refractivity contribution in [3.05, 3.63) is 0 Å². The van der Waals surface area contributed by atoms with Crippen LogP contribution < -0.4 is 0 Å². The molecule has 0 aromatic carbocycles. The van der Waals surface area contributed by atoms with Crippen molar-refractivity contribution < 1.29 is 19.1 Å². The van der Waals surface area contributed by atoms with E-state index in [1.165, 1.54) is 52.7 Å². The molecule has 0 aliphatic carbocycles. The predicted molar refractivity (Wildman–Crippen MR) is 79.4 cm³/mol. The van der Waals surface area contributed by atoms with Crippen LogP contribution >= 0.6 is 0 Å². The molecule has 4 nitrogen and oxygen atoms in total. The van der Waals surface area contributed by atoms with Gasteiger partial charge in [-0.3, -0.25) is 9.59 Å². The van der Waals surface area contributed by atoms with E-state index in [0.29, 0.717) is 12.8 Å². The molecular weight excluding hydrogens is 256 g/mol. The Hall–Kier alpha value is -1.06. The van der Waals surface area contributed by atoms with Gasteiger partial charge in [0.05, 0.1) is 14.2 Å². The Bertz CT molecular complexity index is 225. The molecule has 20 heavy (non-hydrogen) atoms. The van der Waals surface area contributed by atoms with Gasteiger partial charge in [-0.2, -0.15) is 0 Å². The SMILES string of the molecule is COC(=O)CCCCCCCCCCCCC(=O)OC. The van der Waals surface area contributed by atoms with Crippen LogP contribution in [0.1, 0.15) is 77.0 Å². The van der Waals surface area contributed by atoms with Crippen molar-refractivity contribution in [3.63, 3.8) is 0 Å². The standard InChI is InChI=1S/C16H30O4/c1-19-15(17)13-11-9-7-5-3-4-6-8-10-12-14-16(18)20-2/h3-14H2,1-2H3. The van der Waals surface area contributed by atoms with E-state index in [9.17, 15) is 9.59 Å². The Balaban J connectivity index is 3.06. The summed E-state index contributed by atoms with van der Waals surface area (Å²) in [6, 6.07) is 0. The van der Waals surface area contributed by atoms with Gasteiger partial charge >= 0.3 is 11.9 Å². The van der Waals surface area contributed by atoms with Crippen molar-refractivity contribution >= 4 is 11.9 Å². The maximum Gasteiger partial charge on any atom is 0.305 e. The predicted octanol–water partition coefficient (Wildman–Crippen LogP) is 4.01. The fourth-order valence-electron chi connectivity index (χ4n) is 2.16. The molecule has 0 fully saturated rings. The van der Waals surface area contributed by atoms with Gasteiger partial charge in [-0.25, -0.2) is 0 Å². The maximum atomic E-state index is 10.9. The summed E-state index contributed by atoms with van der Waals surface area (Å²) in [7, 11) is 2.88. The van der Waals surface area contributed by atoms with Crippen LogP contribution in [0.3, 0.4) is 0 Å². The van der Waals surface area contributed by atoms with E-state index < -0.39 is 0 Å². The van der Waals surface area contributed by atoms with E-state index >= 15 is 0 Å². The Morgan fingerprint density at radius 3 is 1.05 bits per heavy atom. The van der Waals surface area contributed by atoms with Crippen molar-refractivity contribution in [1.29, 1.82) is 0 Å². The van der Waals surface area contributed by atoms with Crippen LogP contribution in [0.25, 0.3) is 0 Å². The van der Waals surface area contributed by atoms with E-state index in [2.05, 4.69) is 9.47 Å². The molecule has 0 rings (SSSR count). The quantitative estimate of drug-likeness (QED) is 0.379. The lowest BCUT2D eigenvalue weighted by atomic mass is 10.1. The van der Waals surface area contributed by atoms with Gasteiger partial charge in [0.2, 0.25) is 0 Å². The molecule has 0 heterocycles. The van der Waals surface area contributed by atoms with Crippen LogP contribution in [0.4, 0.5) is 0 Å². The van der Waals surface area contributed by atoms with Gasteiger partial charge in [0, 0.05) is 12.8 Å². The van der Waals surface area contributed by atoms with Gasteiger partial charge in [0.1, 0.15) is 0 Å². The summed E-state index contributed by atoms with van der Waals surface area (Å²) in [5, 5.41) is 0. The molecule has 0 bridgehead atoms. The van der Waals surface area contributed by atoms with Crippen molar-refractivity contribution in [3.8, 4) is 0 Å². The third-order valence-electron chi connectivity index (χ3n) is 3.47. The van der Waals surface area contributed by atoms with Gasteiger partial charge in [0.25, 0.3) is 0 Å². The number of methoxy groups -OCH3 is 2. The molecule has 0 spiro atoms. The molecule has 0 amide bonds. The minimum absolute atomic E-state index is 0.100. The minimum Gasteiger partial charge on any atom is -0.469 e. The zero-order chi connectivity index (χ0) is 15.1. The van der Waals surface area contributed by atoms with Gasteiger partial charge in [-0.05, 0) is 12.8 Å². The molecule has 0 atom stereocenters. The molecular formula is C16H30O4. The summed E-state index contributed by atoms with van der Waals surface area (Å²) in [6.45, 7) is 0. The fourth-order valence-corrected chi connectivity index (χ4v) is 2.16. The lowest BCUT2D eigenvalue weighted by Gasteiger charge is -2.02. The molecule has 0 N–H and O–H groups in total. The summed E-state index contributed by atoms with van der Waals surface area (Å²) >= 11 is 0. The van der Waals surface area contributed by atoms with E-state index in [-0.39, 0.29) is 11.9 Å². The van der Waals surface area contributed by atoms with Crippen molar-refractivity contribution in [2.24, 2.45) is 0 Å². The molecule has 118 valence electrons. The molecule has 0 saturated heterocycles. The van der Waals surface area contributed by atoms with Gasteiger partial charge < -0.3 is 9.47 Å². The normalized spacial score (nSPS) is 10.3. The number of hydrogen-bond donors (Lipinski definition) is 0. The average Bonchev–Trinajstić information content (AvgIpc) is 2.47. The zero-order valence-corrected chi connectivity index (χ0v) is 13.1. The number of ether oxygens (including phenoxy) is 2. The summed E-state index contributed by atoms with van der Waals surface area (Å²) in [5.74, 6) is -0.200. The van der Waals surface area contributed by atoms with Crippen molar-refractivity contribution in [2.45, 2.75) is 77.0 Å². The monoisotopic (exact) mass is 286 g/mol. The largest absolute Gasteiger partial charge is 0.469 e. The number of carbonyl (C=O) groups is 2. The van der Waals surface area contributed by atoms with Crippen LogP contribution in [-0.2, 0) is 19.1 Å². The highest BCUT2D eigenvalue weighted by Crippen LogP contribution is 2.12. The van der Waals surface area contributed by atoms with E-state index in [4.69, 9.17) is 0 Å². The van der Waals surface area contributed by atoms with Gasteiger partial charge in [-0.15, -0.1) is 0 Å². The average molecular weight is 286 g/mol. The highest BCUT2D eigenvalue weighted by Gasteiger charge is 2.00. The lowest BCUT2D eigenvalue weighted by molar-refractivity contribution is -0.141. The van der Waals surface area contributed by atoms with Crippen LogP contribution in [0.2, 0.25) is 0 Å². The highest BCUT2D eigenvalue weighted by molar-refractivity contribution is 5.69. The molecule has 0 aliphatic rings. The maximum absolute atomic E-state index is 10.9. The minimum atomic E-state index is -0.100. The number of hydrogen-bond acceptors (Lipinski definition) is 4. The Morgan fingerprint density at radius 1 is 0.550 bits per heavy atom. The first kappa shape index (κ1) is 18.9. The highest BCUT2D eigenvalue weighted by atomic mass is 16.5. The molecule has 0 aromatic heterocycles. The molecule has 4 heteroatoms. The summed E-state index contributed by atoms with van der Waals surface area (Å²) in [4.78, 5) is 21.8. The van der Waals surface area contributed by atoms with Crippen LogP contribution in [0.5, 0.6) is 0 Å². The molecule has 0 aromatic rings. The van der Waals surface area contributed by atoms with Crippen molar-refractivity contribution in [2.75, 3.05) is 14.2 Å². The fraction of sp³-hybridized carbons (Fsp3) is 0.875. The van der Waals surface area contributed by atoms with E-state index in [1.807, 2.05) is 0 Å². The molecule has 0 saturated carbocycles. The third kappa shape index (κ3) is 13.4. The number of rotatable bonds is 13. The second-order valence-electron chi connectivity index (χ2n) is 5.19. The van der Waals surface area contributed by atoms with Gasteiger partial charge in [-0.1, -0.05) is 51.4 Å². The van der Waals surface area contributed by atoms with Crippen molar-refractivity contribution in [1.82, 2.24) is 0 Å². The van der Waals surface area contributed by atoms with E-state index in [1.54, 1.807) is 0 Å². The topological polar surface area (TPSA) is 52.6 Å². The zero-order valence-electron chi connectivity index (χ0n) is 13.1. The second kappa shape index (κ2) is 14.4. The molecule has 0 radical (unpaired) electrons. The first-order chi connectivity index (χ1) is 9.70. The number of carbonyl (C=O) groups excluding carboxylic acids is 2. The van der Waals surface area contributed by atoms with Crippen LogP contribution in [0.15, 0.2) is 0 Å². The number of unbranched alkanes of at least 4 members (excludes halogenated alkanes) is 9. The lowest BCUT2D eigenvalue weighted by Crippen LogP contribution is -1.99. The smallest absolute Gasteiger partial charge is 0.305 e. The summed E-state index contributed by atoms with van der Waals surface area (Å²) in [5.41, 5.74) is 0. The Kier molecular flexibility index (Phi) is 13.6. The summed E-state index contributed by atoms with van der Waals surface area (Å²) in [6.07, 6.45) is 12.7. The third-order valence-corrected chi connectivity index (χ3v) is 3.47. The first-order valence-electron chi connectivity index (χ1n) is 7.84.